The SMILES string of the molecule is COC(=O)CN(C)C(=O)c1cccc(CN)c1. The molecule has 0 spiro atoms. The Morgan fingerprint density at radius 2 is 2.12 bits per heavy atom. The van der Waals surface area contributed by atoms with Gasteiger partial charge in [0.15, 0.2) is 0 Å². The van der Waals surface area contributed by atoms with Crippen molar-refractivity contribution >= 4 is 11.9 Å². The second kappa shape index (κ2) is 6.00. The number of benzene rings is 1. The highest BCUT2D eigenvalue weighted by molar-refractivity contribution is 5.95. The summed E-state index contributed by atoms with van der Waals surface area (Å²) in [6.45, 7) is 0.310. The number of esters is 1. The number of rotatable bonds is 4. The van der Waals surface area contributed by atoms with Gasteiger partial charge >= 0.3 is 5.97 Å². The second-order valence-electron chi connectivity index (χ2n) is 3.64. The lowest BCUT2D eigenvalue weighted by atomic mass is 10.1. The van der Waals surface area contributed by atoms with E-state index in [0.29, 0.717) is 12.1 Å². The maximum atomic E-state index is 11.9. The van der Waals surface area contributed by atoms with Gasteiger partial charge in [-0.05, 0) is 17.7 Å². The van der Waals surface area contributed by atoms with E-state index < -0.39 is 5.97 Å². The molecule has 0 atom stereocenters. The van der Waals surface area contributed by atoms with Crippen molar-refractivity contribution < 1.29 is 14.3 Å². The lowest BCUT2D eigenvalue weighted by Gasteiger charge is -2.15. The predicted octanol–water partition coefficient (Wildman–Crippen LogP) is 0.390. The quantitative estimate of drug-likeness (QED) is 0.767. The number of hydrogen-bond acceptors (Lipinski definition) is 4. The zero-order valence-corrected chi connectivity index (χ0v) is 9.97. The number of methoxy groups -OCH3 is 1. The van der Waals surface area contributed by atoms with E-state index in [0.717, 1.165) is 5.56 Å². The zero-order chi connectivity index (χ0) is 12.8. The van der Waals surface area contributed by atoms with Crippen LogP contribution in [0.4, 0.5) is 0 Å². The molecule has 0 fully saturated rings. The maximum absolute atomic E-state index is 11.9. The Labute approximate surface area is 100 Å². The van der Waals surface area contributed by atoms with Crippen molar-refractivity contribution in [1.82, 2.24) is 4.90 Å². The summed E-state index contributed by atoms with van der Waals surface area (Å²) in [6, 6.07) is 7.02. The molecular formula is C12H16N2O3. The smallest absolute Gasteiger partial charge is 0.325 e. The van der Waals surface area contributed by atoms with Crippen LogP contribution in [0.5, 0.6) is 0 Å². The zero-order valence-electron chi connectivity index (χ0n) is 9.97. The van der Waals surface area contributed by atoms with Crippen LogP contribution in [0.1, 0.15) is 15.9 Å². The molecule has 0 aliphatic rings. The van der Waals surface area contributed by atoms with Gasteiger partial charge in [-0.3, -0.25) is 9.59 Å². The molecule has 0 aromatic heterocycles. The fraction of sp³-hybridized carbons (Fsp3) is 0.333. The first-order valence-electron chi connectivity index (χ1n) is 5.19. The first kappa shape index (κ1) is 13.2. The fourth-order valence-electron chi connectivity index (χ4n) is 1.38. The minimum atomic E-state index is -0.448. The molecule has 0 unspecified atom stereocenters. The fourth-order valence-corrected chi connectivity index (χ4v) is 1.38. The number of hydrogen-bond donors (Lipinski definition) is 1. The summed E-state index contributed by atoms with van der Waals surface area (Å²) in [5.41, 5.74) is 6.89. The normalized spacial score (nSPS) is 9.82. The van der Waals surface area contributed by atoms with Crippen molar-refractivity contribution in [2.75, 3.05) is 20.7 Å². The Balaban J connectivity index is 2.77. The van der Waals surface area contributed by atoms with Crippen molar-refractivity contribution in [1.29, 1.82) is 0 Å². The number of likely N-dealkylation sites (N-methyl/N-ethyl adjacent to an activating group) is 1. The van der Waals surface area contributed by atoms with Crippen molar-refractivity contribution in [3.63, 3.8) is 0 Å². The largest absolute Gasteiger partial charge is 0.468 e. The van der Waals surface area contributed by atoms with Crippen LogP contribution in [-0.4, -0.2) is 37.5 Å². The van der Waals surface area contributed by atoms with Crippen molar-refractivity contribution in [3.05, 3.63) is 35.4 Å². The molecule has 0 saturated carbocycles. The molecule has 1 amide bonds. The van der Waals surface area contributed by atoms with Crippen LogP contribution in [0, 0.1) is 0 Å². The van der Waals surface area contributed by atoms with Crippen molar-refractivity contribution in [2.45, 2.75) is 6.54 Å². The van der Waals surface area contributed by atoms with Gasteiger partial charge in [0.2, 0.25) is 0 Å². The van der Waals surface area contributed by atoms with Crippen LogP contribution in [-0.2, 0) is 16.1 Å². The van der Waals surface area contributed by atoms with Gasteiger partial charge in [-0.1, -0.05) is 12.1 Å². The van der Waals surface area contributed by atoms with Gasteiger partial charge in [0.05, 0.1) is 7.11 Å². The molecular weight excluding hydrogens is 220 g/mol. The van der Waals surface area contributed by atoms with E-state index in [9.17, 15) is 9.59 Å². The van der Waals surface area contributed by atoms with Crippen LogP contribution in [0.2, 0.25) is 0 Å². The molecule has 0 heterocycles. The van der Waals surface area contributed by atoms with E-state index in [1.54, 1.807) is 25.2 Å². The summed E-state index contributed by atoms with van der Waals surface area (Å²) < 4.78 is 4.50. The summed E-state index contributed by atoms with van der Waals surface area (Å²) in [4.78, 5) is 24.3. The Morgan fingerprint density at radius 1 is 1.41 bits per heavy atom. The minimum absolute atomic E-state index is 0.0673. The first-order valence-corrected chi connectivity index (χ1v) is 5.19. The third kappa shape index (κ3) is 3.57. The summed E-state index contributed by atoms with van der Waals surface area (Å²) in [5.74, 6) is -0.679. The van der Waals surface area contributed by atoms with Gasteiger partial charge in [-0.25, -0.2) is 0 Å². The highest BCUT2D eigenvalue weighted by Crippen LogP contribution is 2.07. The Hall–Kier alpha value is -1.88. The molecule has 0 bridgehead atoms. The molecule has 0 aliphatic carbocycles. The van der Waals surface area contributed by atoms with Gasteiger partial charge in [0.1, 0.15) is 6.54 Å². The molecule has 92 valence electrons. The van der Waals surface area contributed by atoms with Crippen LogP contribution in [0.25, 0.3) is 0 Å². The second-order valence-corrected chi connectivity index (χ2v) is 3.64. The van der Waals surface area contributed by atoms with Crippen LogP contribution in [0.3, 0.4) is 0 Å². The van der Waals surface area contributed by atoms with Crippen molar-refractivity contribution in [3.8, 4) is 0 Å². The van der Waals surface area contributed by atoms with Gasteiger partial charge in [0, 0.05) is 19.2 Å². The van der Waals surface area contributed by atoms with E-state index in [1.807, 2.05) is 6.07 Å². The molecule has 1 aromatic carbocycles. The molecule has 0 aliphatic heterocycles. The van der Waals surface area contributed by atoms with Gasteiger partial charge in [-0.15, -0.1) is 0 Å². The van der Waals surface area contributed by atoms with Crippen molar-refractivity contribution in [2.24, 2.45) is 5.73 Å². The van der Waals surface area contributed by atoms with Gasteiger partial charge in [0.25, 0.3) is 5.91 Å². The lowest BCUT2D eigenvalue weighted by Crippen LogP contribution is -2.32. The average Bonchev–Trinajstić information content (AvgIpc) is 2.37. The Bertz CT molecular complexity index is 418. The Morgan fingerprint density at radius 3 is 2.71 bits per heavy atom. The lowest BCUT2D eigenvalue weighted by molar-refractivity contribution is -0.141. The number of ether oxygens (including phenoxy) is 1. The standard InChI is InChI=1S/C12H16N2O3/c1-14(8-11(15)17-2)12(16)10-5-3-4-9(6-10)7-13/h3-6H,7-8,13H2,1-2H3. The van der Waals surface area contributed by atoms with Gasteiger partial charge < -0.3 is 15.4 Å². The molecule has 5 heteroatoms. The average molecular weight is 236 g/mol. The molecule has 5 nitrogen and oxygen atoms in total. The number of carbonyl (C=O) groups excluding carboxylic acids is 2. The number of amides is 1. The van der Waals surface area contributed by atoms with Crippen LogP contribution < -0.4 is 5.73 Å². The monoisotopic (exact) mass is 236 g/mol. The van der Waals surface area contributed by atoms with E-state index in [2.05, 4.69) is 4.74 Å². The van der Waals surface area contributed by atoms with Gasteiger partial charge in [-0.2, -0.15) is 0 Å². The molecule has 0 radical (unpaired) electrons. The van der Waals surface area contributed by atoms with E-state index in [4.69, 9.17) is 5.73 Å². The summed E-state index contributed by atoms with van der Waals surface area (Å²) in [6.07, 6.45) is 0. The molecule has 17 heavy (non-hydrogen) atoms. The topological polar surface area (TPSA) is 72.6 Å². The van der Waals surface area contributed by atoms with E-state index in [-0.39, 0.29) is 12.5 Å². The summed E-state index contributed by atoms with van der Waals surface area (Å²) in [5, 5.41) is 0. The Kier molecular flexibility index (Phi) is 4.66. The highest BCUT2D eigenvalue weighted by atomic mass is 16.5. The minimum Gasteiger partial charge on any atom is -0.468 e. The maximum Gasteiger partial charge on any atom is 0.325 e. The first-order chi connectivity index (χ1) is 8.08. The molecule has 1 rings (SSSR count). The molecule has 0 saturated heterocycles. The molecule has 2 N–H and O–H groups in total. The van der Waals surface area contributed by atoms with Crippen LogP contribution in [0.15, 0.2) is 24.3 Å². The highest BCUT2D eigenvalue weighted by Gasteiger charge is 2.15. The van der Waals surface area contributed by atoms with Crippen LogP contribution >= 0.6 is 0 Å². The number of nitrogens with two attached hydrogens (primary N) is 1. The third-order valence-electron chi connectivity index (χ3n) is 2.35. The summed E-state index contributed by atoms with van der Waals surface area (Å²) in [7, 11) is 2.84. The van der Waals surface area contributed by atoms with E-state index >= 15 is 0 Å². The summed E-state index contributed by atoms with van der Waals surface area (Å²) >= 11 is 0. The molecule has 1 aromatic rings. The van der Waals surface area contributed by atoms with E-state index in [1.165, 1.54) is 12.0 Å². The number of nitrogens with zero attached hydrogens (tertiary/aromatic N) is 1. The predicted molar refractivity (Wildman–Crippen MR) is 63.3 cm³/mol. The third-order valence-corrected chi connectivity index (χ3v) is 2.35. The number of carbonyl (C=O) groups is 2.